The molecule has 1 aromatic heterocycles. The number of halogens is 2. The van der Waals surface area contributed by atoms with Crippen LogP contribution < -0.4 is 5.73 Å². The molecule has 0 fully saturated rings. The van der Waals surface area contributed by atoms with Crippen LogP contribution in [0.2, 0.25) is 0 Å². The van der Waals surface area contributed by atoms with Crippen LogP contribution in [0.1, 0.15) is 11.1 Å². The number of hydrogen-bond donors (Lipinski definition) is 1. The van der Waals surface area contributed by atoms with Gasteiger partial charge in [-0.25, -0.2) is 4.39 Å². The van der Waals surface area contributed by atoms with Gasteiger partial charge in [0.2, 0.25) is 0 Å². The van der Waals surface area contributed by atoms with Crippen LogP contribution in [0.25, 0.3) is 11.3 Å². The smallest absolute Gasteiger partial charge is 0.135 e. The van der Waals surface area contributed by atoms with E-state index in [1.165, 1.54) is 4.68 Å². The summed E-state index contributed by atoms with van der Waals surface area (Å²) in [6.07, 6.45) is 0. The van der Waals surface area contributed by atoms with Crippen molar-refractivity contribution in [3.05, 3.63) is 33.5 Å². The first-order valence-corrected chi connectivity index (χ1v) is 5.96. The summed E-state index contributed by atoms with van der Waals surface area (Å²) < 4.78 is 16.6. The summed E-state index contributed by atoms with van der Waals surface area (Å²) in [6.45, 7) is 3.59. The van der Waals surface area contributed by atoms with Crippen molar-refractivity contribution in [3.63, 3.8) is 0 Å². The van der Waals surface area contributed by atoms with Gasteiger partial charge < -0.3 is 5.73 Å². The molecule has 0 saturated carbocycles. The Hall–Kier alpha value is -1.36. The summed E-state index contributed by atoms with van der Waals surface area (Å²) >= 11 is 3.42. The van der Waals surface area contributed by atoms with E-state index in [2.05, 4.69) is 21.0 Å². The van der Waals surface area contributed by atoms with E-state index in [-0.39, 0.29) is 5.82 Å². The summed E-state index contributed by atoms with van der Waals surface area (Å²) in [7, 11) is 1.73. The summed E-state index contributed by atoms with van der Waals surface area (Å²) in [4.78, 5) is 0. The van der Waals surface area contributed by atoms with Crippen LogP contribution in [0.4, 0.5) is 10.2 Å². The van der Waals surface area contributed by atoms with Gasteiger partial charge in [0.25, 0.3) is 0 Å². The number of anilines is 1. The molecule has 1 heterocycles. The van der Waals surface area contributed by atoms with Crippen LogP contribution in [0, 0.1) is 19.7 Å². The zero-order valence-corrected chi connectivity index (χ0v) is 11.5. The van der Waals surface area contributed by atoms with Crippen LogP contribution in [-0.4, -0.2) is 9.78 Å². The highest BCUT2D eigenvalue weighted by Crippen LogP contribution is 2.33. The first-order valence-electron chi connectivity index (χ1n) is 5.17. The average molecular weight is 298 g/mol. The van der Waals surface area contributed by atoms with Gasteiger partial charge >= 0.3 is 0 Å². The number of rotatable bonds is 1. The molecule has 0 aliphatic carbocycles. The van der Waals surface area contributed by atoms with Gasteiger partial charge in [-0.1, -0.05) is 15.9 Å². The van der Waals surface area contributed by atoms with Crippen LogP contribution >= 0.6 is 15.9 Å². The van der Waals surface area contributed by atoms with E-state index in [0.29, 0.717) is 22.6 Å². The Morgan fingerprint density at radius 1 is 1.35 bits per heavy atom. The molecule has 2 rings (SSSR count). The highest BCUT2D eigenvalue weighted by molar-refractivity contribution is 9.10. The minimum Gasteiger partial charge on any atom is -0.384 e. The maximum absolute atomic E-state index is 14.2. The minimum absolute atomic E-state index is 0.246. The second-order valence-electron chi connectivity index (χ2n) is 4.07. The lowest BCUT2D eigenvalue weighted by molar-refractivity contribution is 0.619. The molecule has 0 bridgehead atoms. The van der Waals surface area contributed by atoms with Crippen molar-refractivity contribution in [1.82, 2.24) is 9.78 Å². The van der Waals surface area contributed by atoms with Gasteiger partial charge in [0.15, 0.2) is 0 Å². The van der Waals surface area contributed by atoms with Crippen molar-refractivity contribution >= 4 is 21.7 Å². The van der Waals surface area contributed by atoms with Crippen molar-refractivity contribution in [2.45, 2.75) is 13.8 Å². The van der Waals surface area contributed by atoms with Gasteiger partial charge in [0.05, 0.1) is 5.69 Å². The molecule has 3 nitrogen and oxygen atoms in total. The molecule has 0 aliphatic heterocycles. The predicted octanol–water partition coefficient (Wildman–Crippen LogP) is 3.19. The van der Waals surface area contributed by atoms with Crippen LogP contribution in [0.5, 0.6) is 0 Å². The van der Waals surface area contributed by atoms with Crippen LogP contribution in [0.15, 0.2) is 16.6 Å². The molecular weight excluding hydrogens is 285 g/mol. The second-order valence-corrected chi connectivity index (χ2v) is 4.92. The SMILES string of the molecule is Cc1cc(Br)c(C)c(-c2cc(N)n(C)n2)c1F. The normalized spacial score (nSPS) is 10.9. The molecule has 2 N–H and O–H groups in total. The maximum atomic E-state index is 14.2. The fraction of sp³-hybridized carbons (Fsp3) is 0.250. The number of nitrogen functional groups attached to an aromatic ring is 1. The number of aryl methyl sites for hydroxylation is 2. The molecule has 0 saturated heterocycles. The zero-order valence-electron chi connectivity index (χ0n) is 9.88. The fourth-order valence-electron chi connectivity index (χ4n) is 1.75. The first kappa shape index (κ1) is 12.1. The Labute approximate surface area is 108 Å². The fourth-order valence-corrected chi connectivity index (χ4v) is 2.29. The summed E-state index contributed by atoms with van der Waals surface area (Å²) in [5.74, 6) is 0.264. The second kappa shape index (κ2) is 4.14. The van der Waals surface area contributed by atoms with Crippen molar-refractivity contribution in [2.24, 2.45) is 7.05 Å². The highest BCUT2D eigenvalue weighted by atomic mass is 79.9. The number of hydrogen-bond acceptors (Lipinski definition) is 2. The van der Waals surface area contributed by atoms with Crippen molar-refractivity contribution in [1.29, 1.82) is 0 Å². The van der Waals surface area contributed by atoms with E-state index in [9.17, 15) is 4.39 Å². The van der Waals surface area contributed by atoms with Gasteiger partial charge in [-0.3, -0.25) is 4.68 Å². The van der Waals surface area contributed by atoms with Crippen LogP contribution in [0.3, 0.4) is 0 Å². The Balaban J connectivity index is 2.74. The number of aromatic nitrogens is 2. The van der Waals surface area contributed by atoms with E-state index < -0.39 is 0 Å². The van der Waals surface area contributed by atoms with E-state index >= 15 is 0 Å². The number of benzene rings is 1. The molecule has 17 heavy (non-hydrogen) atoms. The third kappa shape index (κ3) is 1.95. The Morgan fingerprint density at radius 3 is 2.53 bits per heavy atom. The van der Waals surface area contributed by atoms with Crippen molar-refractivity contribution < 1.29 is 4.39 Å². The molecular formula is C12H13BrFN3. The quantitative estimate of drug-likeness (QED) is 0.878. The summed E-state index contributed by atoms with van der Waals surface area (Å²) in [6, 6.07) is 3.44. The minimum atomic E-state index is -0.246. The molecule has 2 aromatic rings. The molecule has 0 spiro atoms. The first-order chi connectivity index (χ1) is 7.91. The molecule has 5 heteroatoms. The summed E-state index contributed by atoms with van der Waals surface area (Å²) in [5, 5.41) is 4.22. The predicted molar refractivity (Wildman–Crippen MR) is 70.2 cm³/mol. The Morgan fingerprint density at radius 2 is 2.00 bits per heavy atom. The number of nitrogens with zero attached hydrogens (tertiary/aromatic N) is 2. The average Bonchev–Trinajstić information content (AvgIpc) is 2.57. The van der Waals surface area contributed by atoms with E-state index in [1.54, 1.807) is 26.1 Å². The van der Waals surface area contributed by atoms with Gasteiger partial charge in [0.1, 0.15) is 11.6 Å². The zero-order chi connectivity index (χ0) is 12.7. The van der Waals surface area contributed by atoms with Crippen molar-refractivity contribution in [3.8, 4) is 11.3 Å². The topological polar surface area (TPSA) is 43.8 Å². The highest BCUT2D eigenvalue weighted by Gasteiger charge is 2.17. The van der Waals surface area contributed by atoms with Gasteiger partial charge in [-0.2, -0.15) is 5.10 Å². The van der Waals surface area contributed by atoms with E-state index in [0.717, 1.165) is 10.0 Å². The monoisotopic (exact) mass is 297 g/mol. The molecule has 1 aromatic carbocycles. The number of nitrogens with two attached hydrogens (primary N) is 1. The standard InChI is InChI=1S/C12H13BrFN3/c1-6-4-8(13)7(2)11(12(6)14)9-5-10(15)17(3)16-9/h4-5H,15H2,1-3H3. The lowest BCUT2D eigenvalue weighted by Gasteiger charge is -2.09. The van der Waals surface area contributed by atoms with E-state index in [4.69, 9.17) is 5.73 Å². The largest absolute Gasteiger partial charge is 0.384 e. The van der Waals surface area contributed by atoms with Gasteiger partial charge in [0, 0.05) is 23.2 Å². The summed E-state index contributed by atoms with van der Waals surface area (Å²) in [5.41, 5.74) is 8.19. The van der Waals surface area contributed by atoms with E-state index in [1.807, 2.05) is 6.92 Å². The molecule has 0 radical (unpaired) electrons. The van der Waals surface area contributed by atoms with Gasteiger partial charge in [-0.05, 0) is 31.0 Å². The Kier molecular flexibility index (Phi) is 2.95. The third-order valence-corrected chi connectivity index (χ3v) is 3.64. The van der Waals surface area contributed by atoms with Crippen LogP contribution in [-0.2, 0) is 7.05 Å². The molecule has 0 aliphatic rings. The Bertz CT molecular complexity index is 544. The molecule has 0 amide bonds. The van der Waals surface area contributed by atoms with Crippen molar-refractivity contribution in [2.75, 3.05) is 5.73 Å². The van der Waals surface area contributed by atoms with Gasteiger partial charge in [-0.15, -0.1) is 0 Å². The third-order valence-electron chi connectivity index (χ3n) is 2.81. The molecule has 0 unspecified atom stereocenters. The lowest BCUT2D eigenvalue weighted by atomic mass is 10.0. The lowest BCUT2D eigenvalue weighted by Crippen LogP contribution is -1.98. The molecule has 0 atom stereocenters. The maximum Gasteiger partial charge on any atom is 0.135 e. The molecule has 90 valence electrons.